The fourth-order valence-corrected chi connectivity index (χ4v) is 0.981. The zero-order chi connectivity index (χ0) is 9.68. The molecule has 1 aromatic rings. The number of hydrogen-bond donors (Lipinski definition) is 2. The second kappa shape index (κ2) is 4.77. The summed E-state index contributed by atoms with van der Waals surface area (Å²) in [7, 11) is 0. The summed E-state index contributed by atoms with van der Waals surface area (Å²) in [4.78, 5) is 8.21. The molecule has 4 nitrogen and oxygen atoms in total. The van der Waals surface area contributed by atoms with Gasteiger partial charge in [-0.3, -0.25) is 4.98 Å². The van der Waals surface area contributed by atoms with Gasteiger partial charge in [-0.2, -0.15) is 0 Å². The van der Waals surface area contributed by atoms with Crippen molar-refractivity contribution in [2.75, 3.05) is 11.9 Å². The summed E-state index contributed by atoms with van der Waals surface area (Å²) in [5.74, 6) is 0.795. The maximum Gasteiger partial charge on any atom is 0.147 e. The highest BCUT2D eigenvalue weighted by Gasteiger charge is 1.99. The van der Waals surface area contributed by atoms with Gasteiger partial charge in [0.05, 0.1) is 11.8 Å². The second-order valence-electron chi connectivity index (χ2n) is 3.05. The molecule has 0 spiro atoms. The predicted molar refractivity (Wildman–Crippen MR) is 51.6 cm³/mol. The van der Waals surface area contributed by atoms with Crippen molar-refractivity contribution in [1.29, 1.82) is 0 Å². The average Bonchev–Trinajstić information content (AvgIpc) is 2.08. The van der Waals surface area contributed by atoms with Crippen LogP contribution < -0.4 is 5.32 Å². The molecule has 0 saturated carbocycles. The lowest BCUT2D eigenvalue weighted by Gasteiger charge is -2.07. The first kappa shape index (κ1) is 9.92. The summed E-state index contributed by atoms with van der Waals surface area (Å²) >= 11 is 0. The van der Waals surface area contributed by atoms with Crippen LogP contribution in [0.25, 0.3) is 0 Å². The lowest BCUT2D eigenvalue weighted by atomic mass is 10.3. The summed E-state index contributed by atoms with van der Waals surface area (Å²) in [6.07, 6.45) is 3.76. The lowest BCUT2D eigenvalue weighted by molar-refractivity contribution is 0.188. The van der Waals surface area contributed by atoms with E-state index in [0.717, 1.165) is 24.5 Å². The summed E-state index contributed by atoms with van der Waals surface area (Å²) in [6, 6.07) is 0. The molecule has 0 aliphatic heterocycles. The number of aliphatic hydroxyl groups is 1. The number of aryl methyl sites for hydroxylation is 1. The Bertz CT molecular complexity index is 263. The molecule has 1 aromatic heterocycles. The summed E-state index contributed by atoms with van der Waals surface area (Å²) in [6.45, 7) is 4.39. The summed E-state index contributed by atoms with van der Waals surface area (Å²) in [5.41, 5.74) is 0.882. The average molecular weight is 181 g/mol. The maximum absolute atomic E-state index is 9.02. The molecular formula is C9H15N3O. The molecule has 72 valence electrons. The van der Waals surface area contributed by atoms with Crippen molar-refractivity contribution in [1.82, 2.24) is 9.97 Å². The van der Waals surface area contributed by atoms with Gasteiger partial charge >= 0.3 is 0 Å². The summed E-state index contributed by atoms with van der Waals surface area (Å²) < 4.78 is 0. The van der Waals surface area contributed by atoms with Crippen molar-refractivity contribution >= 4 is 5.82 Å². The van der Waals surface area contributed by atoms with Crippen LogP contribution in [-0.4, -0.2) is 27.7 Å². The molecule has 1 atom stereocenters. The van der Waals surface area contributed by atoms with E-state index in [0.29, 0.717) is 0 Å². The van der Waals surface area contributed by atoms with Gasteiger partial charge in [0, 0.05) is 18.9 Å². The largest absolute Gasteiger partial charge is 0.393 e. The van der Waals surface area contributed by atoms with Crippen LogP contribution in [0.1, 0.15) is 19.0 Å². The quantitative estimate of drug-likeness (QED) is 0.726. The van der Waals surface area contributed by atoms with Gasteiger partial charge in [-0.1, -0.05) is 0 Å². The number of anilines is 1. The molecule has 0 aromatic carbocycles. The molecule has 0 bridgehead atoms. The SMILES string of the molecule is Cc1nccnc1NCCC(C)O. The predicted octanol–water partition coefficient (Wildman–Crippen LogP) is 0.968. The molecule has 1 rings (SSSR count). The molecule has 13 heavy (non-hydrogen) atoms. The highest BCUT2D eigenvalue weighted by molar-refractivity contribution is 5.37. The van der Waals surface area contributed by atoms with Crippen LogP contribution in [0.3, 0.4) is 0 Å². The van der Waals surface area contributed by atoms with Crippen molar-refractivity contribution < 1.29 is 5.11 Å². The van der Waals surface area contributed by atoms with Crippen LogP contribution in [0.2, 0.25) is 0 Å². The Hall–Kier alpha value is -1.16. The first-order valence-corrected chi connectivity index (χ1v) is 4.39. The third kappa shape index (κ3) is 3.38. The maximum atomic E-state index is 9.02. The van der Waals surface area contributed by atoms with Gasteiger partial charge in [-0.15, -0.1) is 0 Å². The molecule has 2 N–H and O–H groups in total. The molecule has 1 unspecified atom stereocenters. The van der Waals surface area contributed by atoms with E-state index in [1.165, 1.54) is 0 Å². The van der Waals surface area contributed by atoms with Crippen LogP contribution in [-0.2, 0) is 0 Å². The molecule has 0 radical (unpaired) electrons. The van der Waals surface area contributed by atoms with Crippen LogP contribution in [0.4, 0.5) is 5.82 Å². The fourth-order valence-electron chi connectivity index (χ4n) is 0.981. The number of nitrogens with zero attached hydrogens (tertiary/aromatic N) is 2. The molecule has 0 aliphatic rings. The van der Waals surface area contributed by atoms with E-state index in [1.807, 2.05) is 6.92 Å². The van der Waals surface area contributed by atoms with Gasteiger partial charge in [0.2, 0.25) is 0 Å². The van der Waals surface area contributed by atoms with Crippen LogP contribution in [0.15, 0.2) is 12.4 Å². The molecule has 0 fully saturated rings. The third-order valence-electron chi connectivity index (χ3n) is 1.74. The van der Waals surface area contributed by atoms with E-state index in [1.54, 1.807) is 19.3 Å². The van der Waals surface area contributed by atoms with Crippen molar-refractivity contribution in [3.05, 3.63) is 18.1 Å². The van der Waals surface area contributed by atoms with Gasteiger partial charge in [-0.05, 0) is 20.3 Å². The zero-order valence-electron chi connectivity index (χ0n) is 7.99. The van der Waals surface area contributed by atoms with Gasteiger partial charge in [0.1, 0.15) is 5.82 Å². The highest BCUT2D eigenvalue weighted by Crippen LogP contribution is 2.05. The minimum absolute atomic E-state index is 0.274. The van der Waals surface area contributed by atoms with Gasteiger partial charge in [0.15, 0.2) is 0 Å². The van der Waals surface area contributed by atoms with Crippen molar-refractivity contribution in [2.45, 2.75) is 26.4 Å². The Labute approximate surface area is 78.0 Å². The summed E-state index contributed by atoms with van der Waals surface area (Å²) in [5, 5.41) is 12.1. The van der Waals surface area contributed by atoms with E-state index in [2.05, 4.69) is 15.3 Å². The fraction of sp³-hybridized carbons (Fsp3) is 0.556. The van der Waals surface area contributed by atoms with E-state index >= 15 is 0 Å². The van der Waals surface area contributed by atoms with E-state index in [9.17, 15) is 0 Å². The Kier molecular flexibility index (Phi) is 3.64. The minimum atomic E-state index is -0.274. The Balaban J connectivity index is 2.41. The van der Waals surface area contributed by atoms with Crippen LogP contribution in [0.5, 0.6) is 0 Å². The van der Waals surface area contributed by atoms with Crippen LogP contribution >= 0.6 is 0 Å². The molecule has 4 heteroatoms. The number of aliphatic hydroxyl groups excluding tert-OH is 1. The first-order valence-electron chi connectivity index (χ1n) is 4.39. The number of nitrogens with one attached hydrogen (secondary N) is 1. The van der Waals surface area contributed by atoms with Crippen molar-refractivity contribution in [3.63, 3.8) is 0 Å². The van der Waals surface area contributed by atoms with Crippen molar-refractivity contribution in [2.24, 2.45) is 0 Å². The van der Waals surface area contributed by atoms with Crippen molar-refractivity contribution in [3.8, 4) is 0 Å². The van der Waals surface area contributed by atoms with E-state index in [4.69, 9.17) is 5.11 Å². The van der Waals surface area contributed by atoms with Gasteiger partial charge in [0.25, 0.3) is 0 Å². The Morgan fingerprint density at radius 1 is 1.46 bits per heavy atom. The molecule has 0 amide bonds. The second-order valence-corrected chi connectivity index (χ2v) is 3.05. The van der Waals surface area contributed by atoms with E-state index < -0.39 is 0 Å². The molecule has 0 aliphatic carbocycles. The standard InChI is InChI=1S/C9H15N3O/c1-7(13)3-4-11-9-8(2)10-5-6-12-9/h5-7,13H,3-4H2,1-2H3,(H,11,12). The number of hydrogen-bond acceptors (Lipinski definition) is 4. The smallest absolute Gasteiger partial charge is 0.147 e. The van der Waals surface area contributed by atoms with Gasteiger partial charge < -0.3 is 10.4 Å². The van der Waals surface area contributed by atoms with Gasteiger partial charge in [-0.25, -0.2) is 4.98 Å². The monoisotopic (exact) mass is 181 g/mol. The lowest BCUT2D eigenvalue weighted by Crippen LogP contribution is -2.11. The first-order chi connectivity index (χ1) is 6.20. The highest BCUT2D eigenvalue weighted by atomic mass is 16.3. The number of rotatable bonds is 4. The Morgan fingerprint density at radius 2 is 2.15 bits per heavy atom. The molecule has 0 saturated heterocycles. The topological polar surface area (TPSA) is 58.0 Å². The van der Waals surface area contributed by atoms with E-state index in [-0.39, 0.29) is 6.10 Å². The molecular weight excluding hydrogens is 166 g/mol. The minimum Gasteiger partial charge on any atom is -0.393 e. The zero-order valence-corrected chi connectivity index (χ0v) is 7.99. The molecule has 1 heterocycles. The number of aromatic nitrogens is 2. The normalized spacial score (nSPS) is 12.5. The Morgan fingerprint density at radius 3 is 2.77 bits per heavy atom. The third-order valence-corrected chi connectivity index (χ3v) is 1.74. The van der Waals surface area contributed by atoms with Crippen LogP contribution in [0, 0.1) is 6.92 Å².